The molecule has 1 aliphatic rings. The molecule has 2 heterocycles. The molecule has 5 nitrogen and oxygen atoms in total. The Hall–Kier alpha value is -1.14. The molecule has 2 unspecified atom stereocenters. The number of hydrogen-bond acceptors (Lipinski definition) is 4. The first kappa shape index (κ1) is 15.3. The van der Waals surface area contributed by atoms with Crippen LogP contribution in [0, 0.1) is 5.92 Å². The summed E-state index contributed by atoms with van der Waals surface area (Å²) in [5.41, 5.74) is 0. The average Bonchev–Trinajstić information content (AvgIpc) is 2.86. The zero-order valence-corrected chi connectivity index (χ0v) is 12.9. The van der Waals surface area contributed by atoms with Gasteiger partial charge in [0.05, 0.1) is 6.10 Å². The summed E-state index contributed by atoms with van der Waals surface area (Å²) in [6.45, 7) is 5.30. The van der Waals surface area contributed by atoms with Crippen LogP contribution < -0.4 is 5.32 Å². The van der Waals surface area contributed by atoms with E-state index < -0.39 is 0 Å². The Morgan fingerprint density at radius 1 is 1.70 bits per heavy atom. The molecule has 2 amide bonds. The molecule has 1 aliphatic heterocycles. The molecule has 1 aromatic rings. The number of nitrogens with one attached hydrogen (secondary N) is 1. The number of likely N-dealkylation sites (tertiary alicyclic amines) is 1. The Labute approximate surface area is 124 Å². The van der Waals surface area contributed by atoms with Crippen LogP contribution in [0.3, 0.4) is 0 Å². The maximum Gasteiger partial charge on any atom is 0.323 e. The smallest absolute Gasteiger partial charge is 0.323 e. The minimum absolute atomic E-state index is 0.104. The molecule has 0 aromatic carbocycles. The molecule has 20 heavy (non-hydrogen) atoms. The van der Waals surface area contributed by atoms with Crippen LogP contribution in [-0.4, -0.2) is 40.2 Å². The molecule has 2 N–H and O–H groups in total. The lowest BCUT2D eigenvalue weighted by atomic mass is 9.94. The summed E-state index contributed by atoms with van der Waals surface area (Å²) in [4.78, 5) is 19.4. The van der Waals surface area contributed by atoms with Gasteiger partial charge in [0.15, 0.2) is 5.13 Å². The predicted molar refractivity (Wildman–Crippen MR) is 81.1 cm³/mol. The molecule has 0 aliphatic carbocycles. The lowest BCUT2D eigenvalue weighted by Gasteiger charge is -2.33. The predicted octanol–water partition coefficient (Wildman–Crippen LogP) is 2.72. The highest BCUT2D eigenvalue weighted by Crippen LogP contribution is 2.22. The number of hydrogen-bond donors (Lipinski definition) is 2. The number of carbonyl (C=O) groups excluding carboxylic acids is 1. The van der Waals surface area contributed by atoms with Crippen molar-refractivity contribution in [2.75, 3.05) is 18.4 Å². The van der Waals surface area contributed by atoms with Crippen molar-refractivity contribution in [2.45, 2.75) is 45.6 Å². The molecule has 0 bridgehead atoms. The van der Waals surface area contributed by atoms with Gasteiger partial charge >= 0.3 is 6.03 Å². The third-order valence-electron chi connectivity index (χ3n) is 3.69. The van der Waals surface area contributed by atoms with Gasteiger partial charge in [-0.3, -0.25) is 5.32 Å². The number of thiazole rings is 1. The average molecular weight is 297 g/mol. The number of aliphatic hydroxyl groups excluding tert-OH is 1. The first-order chi connectivity index (χ1) is 9.60. The highest BCUT2D eigenvalue weighted by atomic mass is 32.1. The number of nitrogens with zero attached hydrogens (tertiary/aromatic N) is 2. The van der Waals surface area contributed by atoms with Gasteiger partial charge in [-0.1, -0.05) is 13.3 Å². The maximum absolute atomic E-state index is 12.2. The number of carbonyl (C=O) groups is 1. The van der Waals surface area contributed by atoms with E-state index in [9.17, 15) is 9.90 Å². The minimum Gasteiger partial charge on any atom is -0.393 e. The van der Waals surface area contributed by atoms with Crippen molar-refractivity contribution >= 4 is 22.5 Å². The quantitative estimate of drug-likeness (QED) is 0.898. The lowest BCUT2D eigenvalue weighted by molar-refractivity contribution is 0.0766. The SMILES string of the molecule is CCCc1cnc(NC(=O)N2CCCC(C(C)O)C2)s1. The fourth-order valence-corrected chi connectivity index (χ4v) is 3.39. The highest BCUT2D eigenvalue weighted by molar-refractivity contribution is 7.15. The second-order valence-corrected chi connectivity index (χ2v) is 6.52. The van der Waals surface area contributed by atoms with Gasteiger partial charge < -0.3 is 10.0 Å². The van der Waals surface area contributed by atoms with Crippen molar-refractivity contribution < 1.29 is 9.90 Å². The van der Waals surface area contributed by atoms with Crippen LogP contribution in [0.2, 0.25) is 0 Å². The number of aliphatic hydroxyl groups is 1. The number of rotatable bonds is 4. The summed E-state index contributed by atoms with van der Waals surface area (Å²) >= 11 is 1.54. The largest absolute Gasteiger partial charge is 0.393 e. The number of urea groups is 1. The molecule has 1 aromatic heterocycles. The zero-order chi connectivity index (χ0) is 14.5. The molecule has 0 saturated carbocycles. The second kappa shape index (κ2) is 7.04. The first-order valence-electron chi connectivity index (χ1n) is 7.28. The lowest BCUT2D eigenvalue weighted by Crippen LogP contribution is -2.44. The van der Waals surface area contributed by atoms with E-state index >= 15 is 0 Å². The summed E-state index contributed by atoms with van der Waals surface area (Å²) in [5.74, 6) is 0.182. The van der Waals surface area contributed by atoms with Gasteiger partial charge in [-0.2, -0.15) is 0 Å². The zero-order valence-electron chi connectivity index (χ0n) is 12.1. The molecule has 6 heteroatoms. The standard InChI is InChI=1S/C14H23N3O2S/c1-3-5-12-8-15-13(20-12)16-14(19)17-7-4-6-11(9-17)10(2)18/h8,10-11,18H,3-7,9H2,1-2H3,(H,15,16,19). The van der Waals surface area contributed by atoms with E-state index in [1.165, 1.54) is 16.2 Å². The fourth-order valence-electron chi connectivity index (χ4n) is 2.49. The van der Waals surface area contributed by atoms with Crippen molar-refractivity contribution in [1.29, 1.82) is 0 Å². The molecule has 1 saturated heterocycles. The van der Waals surface area contributed by atoms with Gasteiger partial charge in [0, 0.05) is 30.1 Å². The molecule has 0 radical (unpaired) electrons. The molecular weight excluding hydrogens is 274 g/mol. The van der Waals surface area contributed by atoms with Gasteiger partial charge in [-0.15, -0.1) is 11.3 Å². The van der Waals surface area contributed by atoms with Gasteiger partial charge in [-0.25, -0.2) is 9.78 Å². The molecule has 0 spiro atoms. The van der Waals surface area contributed by atoms with Crippen LogP contribution in [-0.2, 0) is 6.42 Å². The van der Waals surface area contributed by atoms with E-state index in [1.807, 2.05) is 6.20 Å². The van der Waals surface area contributed by atoms with E-state index in [-0.39, 0.29) is 18.1 Å². The minimum atomic E-state index is -0.360. The third kappa shape index (κ3) is 3.93. The summed E-state index contributed by atoms with van der Waals surface area (Å²) in [5, 5.41) is 13.2. The number of piperidine rings is 1. The van der Waals surface area contributed by atoms with Gasteiger partial charge in [-0.05, 0) is 26.2 Å². The van der Waals surface area contributed by atoms with Crippen LogP contribution in [0.15, 0.2) is 6.20 Å². The second-order valence-electron chi connectivity index (χ2n) is 5.40. The highest BCUT2D eigenvalue weighted by Gasteiger charge is 2.26. The topological polar surface area (TPSA) is 65.5 Å². The first-order valence-corrected chi connectivity index (χ1v) is 8.10. The van der Waals surface area contributed by atoms with E-state index in [0.717, 1.165) is 32.2 Å². The Kier molecular flexibility index (Phi) is 5.37. The number of amides is 2. The number of aryl methyl sites for hydroxylation is 1. The van der Waals surface area contributed by atoms with Gasteiger partial charge in [0.1, 0.15) is 0 Å². The third-order valence-corrected chi connectivity index (χ3v) is 4.66. The van der Waals surface area contributed by atoms with Crippen LogP contribution in [0.1, 0.15) is 38.0 Å². The Bertz CT molecular complexity index is 447. The van der Waals surface area contributed by atoms with Crippen molar-refractivity contribution in [2.24, 2.45) is 5.92 Å². The van der Waals surface area contributed by atoms with Crippen LogP contribution in [0.5, 0.6) is 0 Å². The van der Waals surface area contributed by atoms with Crippen molar-refractivity contribution in [3.63, 3.8) is 0 Å². The van der Waals surface area contributed by atoms with Crippen LogP contribution in [0.25, 0.3) is 0 Å². The fraction of sp³-hybridized carbons (Fsp3) is 0.714. The Morgan fingerprint density at radius 3 is 3.20 bits per heavy atom. The number of anilines is 1. The van der Waals surface area contributed by atoms with Crippen LogP contribution in [0.4, 0.5) is 9.93 Å². The molecule has 2 rings (SSSR count). The van der Waals surface area contributed by atoms with Crippen molar-refractivity contribution in [3.8, 4) is 0 Å². The van der Waals surface area contributed by atoms with Crippen molar-refractivity contribution in [3.05, 3.63) is 11.1 Å². The van der Waals surface area contributed by atoms with Crippen molar-refractivity contribution in [1.82, 2.24) is 9.88 Å². The van der Waals surface area contributed by atoms with E-state index in [1.54, 1.807) is 11.8 Å². The molecule has 112 valence electrons. The Balaban J connectivity index is 1.90. The van der Waals surface area contributed by atoms with E-state index in [0.29, 0.717) is 11.7 Å². The summed E-state index contributed by atoms with van der Waals surface area (Å²) in [6.07, 6.45) is 5.49. The maximum atomic E-state index is 12.2. The molecular formula is C14H23N3O2S. The van der Waals surface area contributed by atoms with Crippen LogP contribution >= 0.6 is 11.3 Å². The summed E-state index contributed by atoms with van der Waals surface area (Å²) < 4.78 is 0. The summed E-state index contributed by atoms with van der Waals surface area (Å²) in [7, 11) is 0. The monoisotopic (exact) mass is 297 g/mol. The normalized spacial score (nSPS) is 20.8. The molecule has 1 fully saturated rings. The van der Waals surface area contributed by atoms with E-state index in [4.69, 9.17) is 0 Å². The molecule has 2 atom stereocenters. The number of aromatic nitrogens is 1. The van der Waals surface area contributed by atoms with Gasteiger partial charge in [0.25, 0.3) is 0 Å². The Morgan fingerprint density at radius 2 is 2.50 bits per heavy atom. The van der Waals surface area contributed by atoms with E-state index in [2.05, 4.69) is 17.2 Å². The summed E-state index contributed by atoms with van der Waals surface area (Å²) in [6, 6.07) is -0.104. The van der Waals surface area contributed by atoms with Gasteiger partial charge in [0.2, 0.25) is 0 Å².